The molecule has 0 aromatic heterocycles. The van der Waals surface area contributed by atoms with E-state index in [4.69, 9.17) is 5.41 Å². The van der Waals surface area contributed by atoms with Crippen LogP contribution in [0.5, 0.6) is 0 Å². The van der Waals surface area contributed by atoms with Gasteiger partial charge in [0.15, 0.2) is 0 Å². The summed E-state index contributed by atoms with van der Waals surface area (Å²) in [5.74, 6) is 0. The molecule has 0 saturated carbocycles. The molecule has 0 N–H and O–H groups in total. The van der Waals surface area contributed by atoms with Gasteiger partial charge < -0.3 is 5.41 Å². The third kappa shape index (κ3) is 35.9. The quantitative estimate of drug-likeness (QED) is 0.248. The summed E-state index contributed by atoms with van der Waals surface area (Å²) in [5, 5.41) is 8.47. The van der Waals surface area contributed by atoms with Gasteiger partial charge in [-0.2, -0.15) is 5.16 Å². The zero-order valence-corrected chi connectivity index (χ0v) is 7.37. The van der Waals surface area contributed by atoms with Crippen molar-refractivity contribution in [1.82, 2.24) is 0 Å². The molecule has 0 aromatic carbocycles. The van der Waals surface area contributed by atoms with Gasteiger partial charge >= 0.3 is 17.6 Å². The molecule has 3 heteroatoms. The number of thiocarbonyl (C=S) groups is 1. The molecule has 0 unspecified atom stereocenters. The summed E-state index contributed by atoms with van der Waals surface area (Å²) in [5.41, 5.74) is 0. The third-order valence-electron chi connectivity index (χ3n) is 0. The van der Waals surface area contributed by atoms with Crippen molar-refractivity contribution in [1.29, 1.82) is 0 Å². The second-order valence-corrected chi connectivity index (χ2v) is 0.274. The zero-order chi connectivity index (χ0) is 2.71. The molecule has 0 bridgehead atoms. The number of rotatable bonds is 0. The molecule has 4 heavy (non-hydrogen) atoms. The van der Waals surface area contributed by atoms with E-state index in [0.717, 1.165) is 0 Å². The van der Waals surface area contributed by atoms with Crippen LogP contribution in [0.1, 0.15) is 0 Å². The van der Waals surface area contributed by atoms with E-state index in [1.54, 1.807) is 0 Å². The van der Waals surface area contributed by atoms with Gasteiger partial charge in [0.05, 0.1) is 0 Å². The molecular formula is CH3GeNS-. The van der Waals surface area contributed by atoms with Crippen LogP contribution in [-0.4, -0.2) is 22.8 Å². The fraction of sp³-hybridized carbons (Fsp3) is 0. The van der Waals surface area contributed by atoms with Crippen LogP contribution in [-0.2, 0) is 0 Å². The average molecular weight is 134 g/mol. The minimum Gasteiger partial charge on any atom is -0.753 e. The van der Waals surface area contributed by atoms with Crippen molar-refractivity contribution in [3.63, 3.8) is 0 Å². The first kappa shape index (κ1) is 8.84. The molecule has 0 atom stereocenters. The number of nitrogens with zero attached hydrogens (tertiary/aromatic N) is 1. The van der Waals surface area contributed by atoms with Crippen molar-refractivity contribution in [2.75, 3.05) is 0 Å². The summed E-state index contributed by atoms with van der Waals surface area (Å²) >= 11 is 3.70. The molecule has 0 spiro atoms. The molecule has 1 radical (unpaired) electrons. The molecule has 0 rings (SSSR count). The van der Waals surface area contributed by atoms with E-state index >= 15 is 0 Å². The molecule has 0 amide bonds. The molecule has 0 fully saturated rings. The predicted molar refractivity (Wildman–Crippen MR) is 25.9 cm³/mol. The second kappa shape index (κ2) is 10.2. The maximum atomic E-state index is 7.13. The van der Waals surface area contributed by atoms with E-state index in [-0.39, 0.29) is 17.6 Å². The standard InChI is InChI=1S/CNS.GeH3/c2-1-3;/h;1H3/q-1;. The van der Waals surface area contributed by atoms with Crippen LogP contribution < -0.4 is 0 Å². The molecule has 0 aliphatic rings. The van der Waals surface area contributed by atoms with Crippen LogP contribution in [0.25, 0.3) is 5.41 Å². The Morgan fingerprint density at radius 1 is 1.75 bits per heavy atom. The minimum atomic E-state index is 0. The Labute approximate surface area is 40.9 Å². The number of isothiocyanates is 1. The van der Waals surface area contributed by atoms with E-state index in [9.17, 15) is 0 Å². The van der Waals surface area contributed by atoms with Gasteiger partial charge in [-0.15, -0.1) is 0 Å². The molecule has 0 aliphatic heterocycles. The van der Waals surface area contributed by atoms with E-state index in [1.165, 1.54) is 5.16 Å². The van der Waals surface area contributed by atoms with Crippen molar-refractivity contribution >= 4 is 35.0 Å². The fourth-order valence-corrected chi connectivity index (χ4v) is 0. The summed E-state index contributed by atoms with van der Waals surface area (Å²) in [6.07, 6.45) is 0. The maximum absolute atomic E-state index is 7.13. The minimum absolute atomic E-state index is 0. The number of hydrogen-bond acceptors (Lipinski definition) is 1. The molecule has 0 aromatic rings. The molecule has 0 aliphatic carbocycles. The Morgan fingerprint density at radius 2 is 1.75 bits per heavy atom. The van der Waals surface area contributed by atoms with Gasteiger partial charge in [-0.3, -0.25) is 0 Å². The van der Waals surface area contributed by atoms with E-state index < -0.39 is 0 Å². The van der Waals surface area contributed by atoms with Gasteiger partial charge in [0.25, 0.3) is 0 Å². The Balaban J connectivity index is 0. The zero-order valence-electron chi connectivity index (χ0n) is 2.36. The Morgan fingerprint density at radius 3 is 1.75 bits per heavy atom. The van der Waals surface area contributed by atoms with E-state index in [0.29, 0.717) is 0 Å². The summed E-state index contributed by atoms with van der Waals surface area (Å²) in [6, 6.07) is 0. The van der Waals surface area contributed by atoms with Gasteiger partial charge in [-0.1, -0.05) is 12.2 Å². The predicted octanol–water partition coefficient (Wildman–Crippen LogP) is -0.525. The summed E-state index contributed by atoms with van der Waals surface area (Å²) < 4.78 is 0. The van der Waals surface area contributed by atoms with Gasteiger partial charge in [-0.25, -0.2) is 0 Å². The van der Waals surface area contributed by atoms with Crippen molar-refractivity contribution in [3.8, 4) is 0 Å². The van der Waals surface area contributed by atoms with E-state index in [1.807, 2.05) is 0 Å². The molecular weight excluding hydrogens is 131 g/mol. The van der Waals surface area contributed by atoms with Crippen LogP contribution in [0.4, 0.5) is 0 Å². The Hall–Kier alpha value is 0.343. The first-order valence-corrected chi connectivity index (χ1v) is 0.836. The monoisotopic (exact) mass is 135 g/mol. The van der Waals surface area contributed by atoms with Crippen LogP contribution in [0.3, 0.4) is 0 Å². The first-order chi connectivity index (χ1) is 1.41. The average Bonchev–Trinajstić information content (AvgIpc) is 0.918. The van der Waals surface area contributed by atoms with Crippen LogP contribution in [0.15, 0.2) is 0 Å². The van der Waals surface area contributed by atoms with Crippen molar-refractivity contribution in [2.24, 2.45) is 0 Å². The summed E-state index contributed by atoms with van der Waals surface area (Å²) in [4.78, 5) is 0. The second-order valence-electron chi connectivity index (χ2n) is 0.0913. The molecule has 1 nitrogen and oxygen atoms in total. The van der Waals surface area contributed by atoms with Gasteiger partial charge in [0.2, 0.25) is 0 Å². The number of hydrogen-bond donors (Lipinski definition) is 0. The normalized spacial score (nSPS) is 2.00. The summed E-state index contributed by atoms with van der Waals surface area (Å²) in [7, 11) is 0. The van der Waals surface area contributed by atoms with Crippen molar-refractivity contribution < 1.29 is 0 Å². The third-order valence-corrected chi connectivity index (χ3v) is 0. The van der Waals surface area contributed by atoms with Gasteiger partial charge in [0, 0.05) is 0 Å². The SMILES string of the molecule is [GeH3].[N-]=C=S. The van der Waals surface area contributed by atoms with Crippen LogP contribution in [0, 0.1) is 0 Å². The fourth-order valence-electron chi connectivity index (χ4n) is 0. The van der Waals surface area contributed by atoms with E-state index in [2.05, 4.69) is 12.2 Å². The van der Waals surface area contributed by atoms with Crippen LogP contribution in [0.2, 0.25) is 0 Å². The van der Waals surface area contributed by atoms with Crippen LogP contribution >= 0.6 is 12.2 Å². The summed E-state index contributed by atoms with van der Waals surface area (Å²) in [6.45, 7) is 0. The largest absolute Gasteiger partial charge is 0.753 e. The van der Waals surface area contributed by atoms with Crippen molar-refractivity contribution in [2.45, 2.75) is 0 Å². The Kier molecular flexibility index (Phi) is 22.5. The Bertz CT molecular complexity index is 29.0. The van der Waals surface area contributed by atoms with Gasteiger partial charge in [-0.05, 0) is 0 Å². The van der Waals surface area contributed by atoms with Crippen molar-refractivity contribution in [3.05, 3.63) is 5.41 Å². The molecule has 23 valence electrons. The van der Waals surface area contributed by atoms with Gasteiger partial charge in [0.1, 0.15) is 0 Å². The first-order valence-electron chi connectivity index (χ1n) is 0.428. The molecule has 0 saturated heterocycles. The smallest absolute Gasteiger partial charge is 0.0548 e. The molecule has 0 heterocycles. The maximum Gasteiger partial charge on any atom is -0.0548 e. The topological polar surface area (TPSA) is 22.3 Å².